The van der Waals surface area contributed by atoms with E-state index >= 15 is 0 Å². The number of anilines is 1. The zero-order chi connectivity index (χ0) is 14.5. The normalized spacial score (nSPS) is 10.7. The highest BCUT2D eigenvalue weighted by molar-refractivity contribution is 7.13. The van der Waals surface area contributed by atoms with E-state index < -0.39 is 5.97 Å². The fourth-order valence-corrected chi connectivity index (χ4v) is 2.02. The molecular weight excluding hydrogens is 280 g/mol. The number of carbonyl (C=O) groups excluding carboxylic acids is 2. The van der Waals surface area contributed by atoms with Crippen molar-refractivity contribution in [2.45, 2.75) is 6.92 Å². The number of hydrogen-bond donors (Lipinski definition) is 1. The van der Waals surface area contributed by atoms with Crippen molar-refractivity contribution < 1.29 is 18.7 Å². The van der Waals surface area contributed by atoms with E-state index in [2.05, 4.69) is 15.0 Å². The number of methoxy groups -OCH3 is 1. The second kappa shape index (κ2) is 6.16. The Morgan fingerprint density at radius 3 is 2.95 bits per heavy atom. The van der Waals surface area contributed by atoms with Crippen LogP contribution in [0.2, 0.25) is 0 Å². The summed E-state index contributed by atoms with van der Waals surface area (Å²) in [5, 5.41) is 4.88. The number of aryl methyl sites for hydroxylation is 1. The standard InChI is InChI=1S/C13H12N2O4S/c1-8-10(12(17)18-2)7-9(19-8)3-4-11(16)15-13-14-5-6-20-13/h3-7H,1-2H3,(H,14,15,16). The fourth-order valence-electron chi connectivity index (χ4n) is 1.49. The second-order valence-electron chi connectivity index (χ2n) is 3.77. The van der Waals surface area contributed by atoms with Gasteiger partial charge in [0, 0.05) is 17.7 Å². The first-order valence-corrected chi connectivity index (χ1v) is 6.55. The van der Waals surface area contributed by atoms with Crippen LogP contribution in [0.5, 0.6) is 0 Å². The SMILES string of the molecule is COC(=O)c1cc(C=CC(=O)Nc2nccs2)oc1C. The van der Waals surface area contributed by atoms with Gasteiger partial charge in [0.05, 0.1) is 7.11 Å². The van der Waals surface area contributed by atoms with E-state index in [0.717, 1.165) is 0 Å². The molecule has 0 aliphatic heterocycles. The van der Waals surface area contributed by atoms with Crippen LogP contribution in [0.1, 0.15) is 21.9 Å². The topological polar surface area (TPSA) is 81.4 Å². The lowest BCUT2D eigenvalue weighted by molar-refractivity contribution is -0.111. The molecule has 0 radical (unpaired) electrons. The van der Waals surface area contributed by atoms with Gasteiger partial charge in [-0.05, 0) is 19.1 Å². The van der Waals surface area contributed by atoms with Gasteiger partial charge >= 0.3 is 5.97 Å². The summed E-state index contributed by atoms with van der Waals surface area (Å²) in [6.45, 7) is 1.65. The molecule has 2 heterocycles. The molecule has 0 unspecified atom stereocenters. The van der Waals surface area contributed by atoms with E-state index in [1.54, 1.807) is 18.5 Å². The third kappa shape index (κ3) is 3.33. The van der Waals surface area contributed by atoms with E-state index in [0.29, 0.717) is 22.2 Å². The summed E-state index contributed by atoms with van der Waals surface area (Å²) in [6, 6.07) is 1.52. The van der Waals surface area contributed by atoms with Crippen molar-refractivity contribution in [2.75, 3.05) is 12.4 Å². The summed E-state index contributed by atoms with van der Waals surface area (Å²) in [5.41, 5.74) is 0.340. The van der Waals surface area contributed by atoms with Crippen molar-refractivity contribution in [1.82, 2.24) is 4.98 Å². The summed E-state index contributed by atoms with van der Waals surface area (Å²) in [5.74, 6) is 0.0424. The van der Waals surface area contributed by atoms with Gasteiger partial charge in [-0.3, -0.25) is 10.1 Å². The highest BCUT2D eigenvalue weighted by Gasteiger charge is 2.14. The molecule has 0 bridgehead atoms. The maximum atomic E-state index is 11.6. The Labute approximate surface area is 119 Å². The number of rotatable bonds is 4. The summed E-state index contributed by atoms with van der Waals surface area (Å²) in [4.78, 5) is 26.9. The zero-order valence-electron chi connectivity index (χ0n) is 10.9. The molecule has 6 nitrogen and oxygen atoms in total. The van der Waals surface area contributed by atoms with Gasteiger partial charge < -0.3 is 9.15 Å². The molecule has 2 aromatic rings. The van der Waals surface area contributed by atoms with Crippen molar-refractivity contribution in [3.8, 4) is 0 Å². The average molecular weight is 292 g/mol. The summed E-state index contributed by atoms with van der Waals surface area (Å²) in [7, 11) is 1.30. The van der Waals surface area contributed by atoms with Crippen molar-refractivity contribution in [1.29, 1.82) is 0 Å². The van der Waals surface area contributed by atoms with Crippen LogP contribution in [0.15, 0.2) is 28.1 Å². The van der Waals surface area contributed by atoms with Crippen molar-refractivity contribution in [2.24, 2.45) is 0 Å². The minimum absolute atomic E-state index is 0.325. The van der Waals surface area contributed by atoms with Crippen molar-refractivity contribution >= 4 is 34.4 Å². The van der Waals surface area contributed by atoms with Gasteiger partial charge in [-0.1, -0.05) is 0 Å². The van der Waals surface area contributed by atoms with E-state index in [-0.39, 0.29) is 5.91 Å². The Hall–Kier alpha value is -2.41. The number of esters is 1. The number of thiazole rings is 1. The molecule has 0 saturated heterocycles. The second-order valence-corrected chi connectivity index (χ2v) is 4.66. The van der Waals surface area contributed by atoms with E-state index in [4.69, 9.17) is 4.42 Å². The third-order valence-corrected chi connectivity index (χ3v) is 3.09. The Morgan fingerprint density at radius 2 is 2.30 bits per heavy atom. The van der Waals surface area contributed by atoms with Gasteiger partial charge in [-0.2, -0.15) is 0 Å². The van der Waals surface area contributed by atoms with Gasteiger partial charge in [0.2, 0.25) is 5.91 Å². The quantitative estimate of drug-likeness (QED) is 0.691. The molecular formula is C13H12N2O4S. The molecule has 0 fully saturated rings. The predicted molar refractivity (Wildman–Crippen MR) is 74.6 cm³/mol. The molecule has 0 aliphatic carbocycles. The number of furan rings is 1. The first-order valence-electron chi connectivity index (χ1n) is 5.67. The first kappa shape index (κ1) is 14.0. The van der Waals surface area contributed by atoms with Crippen molar-refractivity contribution in [3.05, 3.63) is 40.8 Å². The van der Waals surface area contributed by atoms with E-state index in [1.807, 2.05) is 0 Å². The summed E-state index contributed by atoms with van der Waals surface area (Å²) in [6.07, 6.45) is 4.38. The number of carbonyl (C=O) groups is 2. The number of nitrogens with one attached hydrogen (secondary N) is 1. The van der Waals surface area contributed by atoms with Crippen LogP contribution in [0.25, 0.3) is 6.08 Å². The molecule has 2 aromatic heterocycles. The molecule has 0 aliphatic rings. The van der Waals surface area contributed by atoms with Crippen LogP contribution in [-0.4, -0.2) is 24.0 Å². The Balaban J connectivity index is 2.04. The highest BCUT2D eigenvalue weighted by Crippen LogP contribution is 2.17. The monoisotopic (exact) mass is 292 g/mol. The van der Waals surface area contributed by atoms with Crippen LogP contribution in [0.4, 0.5) is 5.13 Å². The summed E-state index contributed by atoms with van der Waals surface area (Å²) >= 11 is 1.32. The zero-order valence-corrected chi connectivity index (χ0v) is 11.7. The van der Waals surface area contributed by atoms with Gasteiger partial charge in [0.1, 0.15) is 17.1 Å². The minimum atomic E-state index is -0.474. The number of ether oxygens (including phenoxy) is 1. The minimum Gasteiger partial charge on any atom is -0.465 e. The van der Waals surface area contributed by atoms with Crippen LogP contribution >= 0.6 is 11.3 Å². The predicted octanol–water partition coefficient (Wildman–Crippen LogP) is 2.48. The number of nitrogens with zero attached hydrogens (tertiary/aromatic N) is 1. The largest absolute Gasteiger partial charge is 0.465 e. The van der Waals surface area contributed by atoms with Gasteiger partial charge in [0.15, 0.2) is 5.13 Å². The maximum Gasteiger partial charge on any atom is 0.341 e. The lowest BCUT2D eigenvalue weighted by atomic mass is 10.2. The molecule has 20 heavy (non-hydrogen) atoms. The lowest BCUT2D eigenvalue weighted by Crippen LogP contribution is -2.06. The molecule has 0 aromatic carbocycles. The van der Waals surface area contributed by atoms with E-state index in [1.165, 1.54) is 36.7 Å². The molecule has 0 saturated carbocycles. The number of aromatic nitrogens is 1. The summed E-state index contributed by atoms with van der Waals surface area (Å²) < 4.78 is 9.96. The molecule has 1 N–H and O–H groups in total. The number of amides is 1. The number of hydrogen-bond acceptors (Lipinski definition) is 6. The van der Waals surface area contributed by atoms with Crippen LogP contribution < -0.4 is 5.32 Å². The Kier molecular flexibility index (Phi) is 4.31. The first-order chi connectivity index (χ1) is 9.60. The van der Waals surface area contributed by atoms with Crippen LogP contribution in [-0.2, 0) is 9.53 Å². The highest BCUT2D eigenvalue weighted by atomic mass is 32.1. The molecule has 7 heteroatoms. The molecule has 0 spiro atoms. The maximum absolute atomic E-state index is 11.6. The van der Waals surface area contributed by atoms with Crippen LogP contribution in [0.3, 0.4) is 0 Å². The van der Waals surface area contributed by atoms with Gasteiger partial charge in [-0.15, -0.1) is 11.3 Å². The molecule has 104 valence electrons. The van der Waals surface area contributed by atoms with Gasteiger partial charge in [0.25, 0.3) is 0 Å². The average Bonchev–Trinajstić information content (AvgIpc) is 3.05. The lowest BCUT2D eigenvalue weighted by Gasteiger charge is -1.94. The molecule has 0 atom stereocenters. The Morgan fingerprint density at radius 1 is 1.50 bits per heavy atom. The molecule has 1 amide bonds. The smallest absolute Gasteiger partial charge is 0.341 e. The molecule has 2 rings (SSSR count). The van der Waals surface area contributed by atoms with Crippen molar-refractivity contribution in [3.63, 3.8) is 0 Å². The van der Waals surface area contributed by atoms with E-state index in [9.17, 15) is 9.59 Å². The third-order valence-electron chi connectivity index (χ3n) is 2.40. The van der Waals surface area contributed by atoms with Gasteiger partial charge in [-0.25, -0.2) is 9.78 Å². The Bertz CT molecular complexity index is 643. The van der Waals surface area contributed by atoms with Crippen LogP contribution in [0, 0.1) is 6.92 Å². The fraction of sp³-hybridized carbons (Fsp3) is 0.154.